The molecule has 1 spiro atoms. The SMILES string of the molecule is COc1ccc(/C=C/CN2CCC3(CC2)CN(C(=O)c2ccnc(Cl)c2)c2ccc(Cl)cc23)cc1. The fraction of sp³-hybridized carbons (Fsp3) is 0.286. The summed E-state index contributed by atoms with van der Waals surface area (Å²) < 4.78 is 5.23. The maximum atomic E-state index is 13.4. The predicted octanol–water partition coefficient (Wildman–Crippen LogP) is 6.10. The van der Waals surface area contributed by atoms with Gasteiger partial charge in [-0.1, -0.05) is 47.5 Å². The molecule has 1 amide bonds. The van der Waals surface area contributed by atoms with E-state index in [1.165, 1.54) is 5.56 Å². The number of methoxy groups -OCH3 is 1. The summed E-state index contributed by atoms with van der Waals surface area (Å²) >= 11 is 12.5. The topological polar surface area (TPSA) is 45.7 Å². The first-order chi connectivity index (χ1) is 17.0. The molecule has 0 N–H and O–H groups in total. The van der Waals surface area contributed by atoms with Crippen LogP contribution in [0.25, 0.3) is 6.08 Å². The summed E-state index contributed by atoms with van der Waals surface area (Å²) in [6, 6.07) is 17.3. The van der Waals surface area contributed by atoms with Gasteiger partial charge in [0.1, 0.15) is 10.9 Å². The molecule has 2 aromatic carbocycles. The Morgan fingerprint density at radius 2 is 1.86 bits per heavy atom. The van der Waals surface area contributed by atoms with Crippen LogP contribution in [0.3, 0.4) is 0 Å². The third-order valence-corrected chi connectivity index (χ3v) is 7.54. The van der Waals surface area contributed by atoms with Gasteiger partial charge in [0.05, 0.1) is 7.11 Å². The van der Waals surface area contributed by atoms with E-state index in [-0.39, 0.29) is 11.3 Å². The van der Waals surface area contributed by atoms with E-state index in [1.807, 2.05) is 35.2 Å². The lowest BCUT2D eigenvalue weighted by atomic mass is 9.74. The van der Waals surface area contributed by atoms with Gasteiger partial charge in [0, 0.05) is 41.0 Å². The lowest BCUT2D eigenvalue weighted by Crippen LogP contribution is -2.46. The molecule has 3 aromatic rings. The summed E-state index contributed by atoms with van der Waals surface area (Å²) in [5.74, 6) is 0.805. The first-order valence-electron chi connectivity index (χ1n) is 11.7. The molecule has 0 saturated carbocycles. The Kier molecular flexibility index (Phi) is 6.83. The van der Waals surface area contributed by atoms with Gasteiger partial charge in [-0.3, -0.25) is 9.69 Å². The van der Waals surface area contributed by atoms with Crippen LogP contribution in [-0.2, 0) is 5.41 Å². The summed E-state index contributed by atoms with van der Waals surface area (Å²) in [7, 11) is 1.68. The average Bonchev–Trinajstić information content (AvgIpc) is 3.18. The Bertz CT molecular complexity index is 1250. The molecular weight excluding hydrogens is 481 g/mol. The average molecular weight is 508 g/mol. The number of benzene rings is 2. The Balaban J connectivity index is 1.29. The van der Waals surface area contributed by atoms with Crippen molar-refractivity contribution in [3.8, 4) is 5.75 Å². The van der Waals surface area contributed by atoms with E-state index in [9.17, 15) is 4.79 Å². The van der Waals surface area contributed by atoms with Crippen LogP contribution in [0.2, 0.25) is 10.2 Å². The van der Waals surface area contributed by atoms with Crippen molar-refractivity contribution in [3.05, 3.63) is 93.7 Å². The molecule has 0 radical (unpaired) electrons. The van der Waals surface area contributed by atoms with Crippen LogP contribution in [0.5, 0.6) is 5.75 Å². The van der Waals surface area contributed by atoms with Gasteiger partial charge in [0.25, 0.3) is 5.91 Å². The van der Waals surface area contributed by atoms with Gasteiger partial charge in [0.2, 0.25) is 0 Å². The maximum Gasteiger partial charge on any atom is 0.258 e. The number of ether oxygens (including phenoxy) is 1. The summed E-state index contributed by atoms with van der Waals surface area (Å²) in [6.07, 6.45) is 7.87. The fourth-order valence-corrected chi connectivity index (χ4v) is 5.50. The van der Waals surface area contributed by atoms with E-state index >= 15 is 0 Å². The molecular formula is C28H27Cl2N3O2. The molecule has 5 nitrogen and oxygen atoms in total. The quantitative estimate of drug-likeness (QED) is 0.391. The van der Waals surface area contributed by atoms with Crippen molar-refractivity contribution >= 4 is 40.9 Å². The number of hydrogen-bond donors (Lipinski definition) is 0. The number of nitrogens with zero attached hydrogens (tertiary/aromatic N) is 3. The zero-order valence-corrected chi connectivity index (χ0v) is 21.1. The minimum Gasteiger partial charge on any atom is -0.497 e. The van der Waals surface area contributed by atoms with Gasteiger partial charge in [-0.2, -0.15) is 0 Å². The normalized spacial score (nSPS) is 17.2. The maximum absolute atomic E-state index is 13.4. The van der Waals surface area contributed by atoms with Gasteiger partial charge >= 0.3 is 0 Å². The summed E-state index contributed by atoms with van der Waals surface area (Å²) in [5, 5.41) is 1.02. The standard InChI is InChI=1S/C28H27Cl2N3O2/c1-35-23-7-4-20(5-8-23)3-2-14-32-15-11-28(12-16-32)19-33(25-9-6-22(29)18-24(25)28)27(34)21-10-13-31-26(30)17-21/h2-10,13,17-18H,11-12,14-16,19H2,1H3/b3-2+. The van der Waals surface area contributed by atoms with Crippen molar-refractivity contribution in [2.75, 3.05) is 38.2 Å². The number of halogens is 2. The number of rotatable bonds is 5. The molecule has 1 aromatic heterocycles. The van der Waals surface area contributed by atoms with E-state index in [2.05, 4.69) is 34.2 Å². The largest absolute Gasteiger partial charge is 0.497 e. The van der Waals surface area contributed by atoms with Gasteiger partial charge < -0.3 is 9.64 Å². The molecule has 0 aliphatic carbocycles. The molecule has 0 unspecified atom stereocenters. The van der Waals surface area contributed by atoms with Gasteiger partial charge in [-0.05, 0) is 79.5 Å². The highest BCUT2D eigenvalue weighted by molar-refractivity contribution is 6.31. The van der Waals surface area contributed by atoms with Crippen LogP contribution < -0.4 is 9.64 Å². The number of anilines is 1. The Morgan fingerprint density at radius 3 is 2.57 bits per heavy atom. The van der Waals surface area contributed by atoms with Crippen LogP contribution in [0.1, 0.15) is 34.3 Å². The highest BCUT2D eigenvalue weighted by Gasteiger charge is 2.46. The molecule has 35 heavy (non-hydrogen) atoms. The van der Waals surface area contributed by atoms with Crippen molar-refractivity contribution in [1.29, 1.82) is 0 Å². The molecule has 2 aliphatic rings. The number of hydrogen-bond acceptors (Lipinski definition) is 4. The number of amides is 1. The number of aromatic nitrogens is 1. The number of likely N-dealkylation sites (tertiary alicyclic amines) is 1. The second-order valence-electron chi connectivity index (χ2n) is 9.18. The lowest BCUT2D eigenvalue weighted by Gasteiger charge is -2.39. The molecule has 180 valence electrons. The second kappa shape index (κ2) is 10.0. The van der Waals surface area contributed by atoms with Gasteiger partial charge in [-0.25, -0.2) is 4.98 Å². The molecule has 7 heteroatoms. The number of pyridine rings is 1. The fourth-order valence-electron chi connectivity index (χ4n) is 5.16. The predicted molar refractivity (Wildman–Crippen MR) is 142 cm³/mol. The number of fused-ring (bicyclic) bond motifs is 2. The molecule has 5 rings (SSSR count). The van der Waals surface area contributed by atoms with Crippen LogP contribution in [0, 0.1) is 0 Å². The van der Waals surface area contributed by atoms with E-state index in [0.29, 0.717) is 22.3 Å². The Morgan fingerprint density at radius 1 is 1.09 bits per heavy atom. The molecule has 1 fully saturated rings. The zero-order valence-electron chi connectivity index (χ0n) is 19.6. The molecule has 3 heterocycles. The first-order valence-corrected chi connectivity index (χ1v) is 12.5. The van der Waals surface area contributed by atoms with Crippen molar-refractivity contribution < 1.29 is 9.53 Å². The van der Waals surface area contributed by atoms with Crippen molar-refractivity contribution in [2.45, 2.75) is 18.3 Å². The van der Waals surface area contributed by atoms with E-state index in [1.54, 1.807) is 25.4 Å². The minimum atomic E-state index is -0.0943. The third kappa shape index (κ3) is 4.94. The number of carbonyl (C=O) groups excluding carboxylic acids is 1. The Hall–Kier alpha value is -2.86. The first kappa shape index (κ1) is 23.9. The van der Waals surface area contributed by atoms with E-state index in [4.69, 9.17) is 27.9 Å². The van der Waals surface area contributed by atoms with E-state index in [0.717, 1.165) is 49.5 Å². The van der Waals surface area contributed by atoms with Crippen LogP contribution in [0.15, 0.2) is 66.9 Å². The van der Waals surface area contributed by atoms with Crippen LogP contribution in [-0.4, -0.2) is 49.1 Å². The zero-order chi connectivity index (χ0) is 24.4. The second-order valence-corrected chi connectivity index (χ2v) is 10.0. The van der Waals surface area contributed by atoms with Gasteiger partial charge in [-0.15, -0.1) is 0 Å². The van der Waals surface area contributed by atoms with Crippen LogP contribution >= 0.6 is 23.2 Å². The van der Waals surface area contributed by atoms with Crippen molar-refractivity contribution in [1.82, 2.24) is 9.88 Å². The summed E-state index contributed by atoms with van der Waals surface area (Å²) in [5.41, 5.74) is 3.73. The minimum absolute atomic E-state index is 0.0559. The van der Waals surface area contributed by atoms with Crippen molar-refractivity contribution in [2.24, 2.45) is 0 Å². The third-order valence-electron chi connectivity index (χ3n) is 7.10. The monoisotopic (exact) mass is 507 g/mol. The summed E-state index contributed by atoms with van der Waals surface area (Å²) in [6.45, 7) is 3.46. The molecule has 0 bridgehead atoms. The van der Waals surface area contributed by atoms with E-state index < -0.39 is 0 Å². The number of carbonyl (C=O) groups is 1. The lowest BCUT2D eigenvalue weighted by molar-refractivity contribution is 0.0977. The van der Waals surface area contributed by atoms with Gasteiger partial charge in [0.15, 0.2) is 0 Å². The highest BCUT2D eigenvalue weighted by atomic mass is 35.5. The van der Waals surface area contributed by atoms with Crippen LogP contribution in [0.4, 0.5) is 5.69 Å². The summed E-state index contributed by atoms with van der Waals surface area (Å²) in [4.78, 5) is 21.8. The highest BCUT2D eigenvalue weighted by Crippen LogP contribution is 2.48. The Labute approximate surface area is 215 Å². The smallest absolute Gasteiger partial charge is 0.258 e. The molecule has 0 atom stereocenters. The molecule has 1 saturated heterocycles. The van der Waals surface area contributed by atoms with Crippen molar-refractivity contribution in [3.63, 3.8) is 0 Å². The number of piperidine rings is 1. The molecule has 2 aliphatic heterocycles.